The average molecular weight is 249 g/mol. The fourth-order valence-electron chi connectivity index (χ4n) is 2.22. The van der Waals surface area contributed by atoms with Crippen LogP contribution in [0.3, 0.4) is 0 Å². The Morgan fingerprint density at radius 1 is 1.33 bits per heavy atom. The molecule has 0 spiro atoms. The van der Waals surface area contributed by atoms with E-state index in [1.54, 1.807) is 0 Å². The molecule has 1 aliphatic heterocycles. The topological polar surface area (TPSA) is 29.1 Å². The lowest BCUT2D eigenvalue weighted by Crippen LogP contribution is -2.29. The van der Waals surface area contributed by atoms with Gasteiger partial charge in [-0.1, -0.05) is 56.4 Å². The minimum absolute atomic E-state index is 0.0185. The highest BCUT2D eigenvalue weighted by Crippen LogP contribution is 2.11. The zero-order valence-corrected chi connectivity index (χ0v) is 11.7. The molecule has 18 heavy (non-hydrogen) atoms. The SMILES string of the molecule is CCCCCCC/C=C/C1=CCC(C=O)NCC1. The van der Waals surface area contributed by atoms with Gasteiger partial charge in [-0.05, 0) is 32.2 Å². The summed E-state index contributed by atoms with van der Waals surface area (Å²) in [7, 11) is 0. The van der Waals surface area contributed by atoms with Crippen LogP contribution in [0.1, 0.15) is 58.3 Å². The second-order valence-electron chi connectivity index (χ2n) is 5.07. The largest absolute Gasteiger partial charge is 0.307 e. The molecule has 1 N–H and O–H groups in total. The average Bonchev–Trinajstić information content (AvgIpc) is 2.63. The Balaban J connectivity index is 2.16. The number of carbonyl (C=O) groups is 1. The molecule has 1 atom stereocenters. The molecule has 0 saturated heterocycles. The van der Waals surface area contributed by atoms with E-state index in [1.807, 2.05) is 0 Å². The molecule has 0 amide bonds. The second kappa shape index (κ2) is 10.1. The Morgan fingerprint density at radius 3 is 2.94 bits per heavy atom. The van der Waals surface area contributed by atoms with Gasteiger partial charge in [0.1, 0.15) is 6.29 Å². The van der Waals surface area contributed by atoms with Gasteiger partial charge in [0, 0.05) is 0 Å². The van der Waals surface area contributed by atoms with E-state index in [-0.39, 0.29) is 6.04 Å². The van der Waals surface area contributed by atoms with Crippen molar-refractivity contribution in [3.8, 4) is 0 Å². The fourth-order valence-corrected chi connectivity index (χ4v) is 2.22. The molecule has 0 fully saturated rings. The Kier molecular flexibility index (Phi) is 8.49. The summed E-state index contributed by atoms with van der Waals surface area (Å²) in [5.74, 6) is 0. The van der Waals surface area contributed by atoms with E-state index in [1.165, 1.54) is 44.1 Å². The van der Waals surface area contributed by atoms with Crippen molar-refractivity contribution in [1.29, 1.82) is 0 Å². The van der Waals surface area contributed by atoms with E-state index in [2.05, 4.69) is 30.5 Å². The molecule has 0 aliphatic carbocycles. The van der Waals surface area contributed by atoms with Gasteiger partial charge in [-0.25, -0.2) is 0 Å². The molecule has 0 bridgehead atoms. The van der Waals surface area contributed by atoms with Crippen LogP contribution in [-0.4, -0.2) is 18.9 Å². The first kappa shape index (κ1) is 15.2. The Morgan fingerprint density at radius 2 is 2.17 bits per heavy atom. The first-order valence-electron chi connectivity index (χ1n) is 7.41. The number of aldehydes is 1. The number of carbonyl (C=O) groups excluding carboxylic acids is 1. The van der Waals surface area contributed by atoms with Gasteiger partial charge in [0.15, 0.2) is 0 Å². The highest BCUT2D eigenvalue weighted by atomic mass is 16.1. The van der Waals surface area contributed by atoms with Crippen molar-refractivity contribution in [2.24, 2.45) is 0 Å². The van der Waals surface area contributed by atoms with Crippen molar-refractivity contribution in [3.63, 3.8) is 0 Å². The maximum absolute atomic E-state index is 10.7. The lowest BCUT2D eigenvalue weighted by Gasteiger charge is -2.04. The van der Waals surface area contributed by atoms with Crippen molar-refractivity contribution in [1.82, 2.24) is 5.32 Å². The molecular formula is C16H27NO. The summed E-state index contributed by atoms with van der Waals surface area (Å²) in [5.41, 5.74) is 1.38. The van der Waals surface area contributed by atoms with Crippen molar-refractivity contribution in [2.45, 2.75) is 64.3 Å². The van der Waals surface area contributed by atoms with Crippen LogP contribution in [0.4, 0.5) is 0 Å². The first-order valence-corrected chi connectivity index (χ1v) is 7.41. The van der Waals surface area contributed by atoms with Crippen molar-refractivity contribution in [3.05, 3.63) is 23.8 Å². The summed E-state index contributed by atoms with van der Waals surface area (Å²) in [4.78, 5) is 10.7. The predicted octanol–water partition coefficient (Wildman–Crippen LogP) is 3.78. The van der Waals surface area contributed by atoms with E-state index in [9.17, 15) is 4.79 Å². The maximum atomic E-state index is 10.7. The molecule has 0 aromatic rings. The van der Waals surface area contributed by atoms with Gasteiger partial charge in [-0.15, -0.1) is 0 Å². The molecule has 1 heterocycles. The standard InChI is InChI=1S/C16H27NO/c1-2-3-4-5-6-7-8-9-15-10-11-16(14-18)17-13-12-15/h8-10,14,16-17H,2-7,11-13H2,1H3/b9-8+. The molecule has 1 rings (SSSR count). The number of hydrogen-bond acceptors (Lipinski definition) is 2. The van der Waals surface area contributed by atoms with Crippen LogP contribution in [0.5, 0.6) is 0 Å². The third-order valence-corrected chi connectivity index (χ3v) is 3.42. The highest BCUT2D eigenvalue weighted by Gasteiger charge is 2.08. The quantitative estimate of drug-likeness (QED) is 0.524. The summed E-state index contributed by atoms with van der Waals surface area (Å²) in [5, 5.41) is 3.23. The van der Waals surface area contributed by atoms with Crippen LogP contribution in [-0.2, 0) is 4.79 Å². The van der Waals surface area contributed by atoms with Crippen LogP contribution < -0.4 is 5.32 Å². The molecule has 0 aromatic carbocycles. The zero-order chi connectivity index (χ0) is 13.1. The molecule has 0 aromatic heterocycles. The normalized spacial score (nSPS) is 20.7. The number of hydrogen-bond donors (Lipinski definition) is 1. The smallest absolute Gasteiger partial charge is 0.137 e. The lowest BCUT2D eigenvalue weighted by molar-refractivity contribution is -0.109. The van der Waals surface area contributed by atoms with Crippen molar-refractivity contribution < 1.29 is 4.79 Å². The van der Waals surface area contributed by atoms with Crippen LogP contribution in [0.25, 0.3) is 0 Å². The molecule has 0 radical (unpaired) electrons. The summed E-state index contributed by atoms with van der Waals surface area (Å²) in [6.45, 7) is 3.16. The van der Waals surface area contributed by atoms with E-state index >= 15 is 0 Å². The Hall–Kier alpha value is -0.890. The van der Waals surface area contributed by atoms with E-state index in [4.69, 9.17) is 0 Å². The summed E-state index contributed by atoms with van der Waals surface area (Å²) in [6, 6.07) is 0.0185. The number of allylic oxidation sites excluding steroid dienone is 2. The van der Waals surface area contributed by atoms with Crippen LogP contribution in [0.15, 0.2) is 23.8 Å². The third-order valence-electron chi connectivity index (χ3n) is 3.42. The summed E-state index contributed by atoms with van der Waals surface area (Å²) >= 11 is 0. The van der Waals surface area contributed by atoms with E-state index in [0.717, 1.165) is 25.7 Å². The molecule has 102 valence electrons. The van der Waals surface area contributed by atoms with Gasteiger partial charge >= 0.3 is 0 Å². The van der Waals surface area contributed by atoms with Gasteiger partial charge in [-0.3, -0.25) is 0 Å². The highest BCUT2D eigenvalue weighted by molar-refractivity contribution is 5.58. The van der Waals surface area contributed by atoms with Gasteiger partial charge in [0.05, 0.1) is 6.04 Å². The van der Waals surface area contributed by atoms with Crippen molar-refractivity contribution in [2.75, 3.05) is 6.54 Å². The molecule has 2 nitrogen and oxygen atoms in total. The van der Waals surface area contributed by atoms with Gasteiger partial charge in [-0.2, -0.15) is 0 Å². The van der Waals surface area contributed by atoms with Gasteiger partial charge in [0.25, 0.3) is 0 Å². The monoisotopic (exact) mass is 249 g/mol. The molecule has 0 saturated carbocycles. The first-order chi connectivity index (χ1) is 8.86. The van der Waals surface area contributed by atoms with Crippen LogP contribution in [0, 0.1) is 0 Å². The van der Waals surface area contributed by atoms with Crippen LogP contribution in [0.2, 0.25) is 0 Å². The molecular weight excluding hydrogens is 222 g/mol. The summed E-state index contributed by atoms with van der Waals surface area (Å²) < 4.78 is 0. The minimum atomic E-state index is 0.0185. The zero-order valence-electron chi connectivity index (χ0n) is 11.7. The third kappa shape index (κ3) is 6.75. The van der Waals surface area contributed by atoms with E-state index < -0.39 is 0 Å². The maximum Gasteiger partial charge on any atom is 0.137 e. The molecule has 2 heteroatoms. The fraction of sp³-hybridized carbons (Fsp3) is 0.688. The predicted molar refractivity (Wildman–Crippen MR) is 77.7 cm³/mol. The molecule has 1 aliphatic rings. The van der Waals surface area contributed by atoms with E-state index in [0.29, 0.717) is 0 Å². The lowest BCUT2D eigenvalue weighted by atomic mass is 10.1. The summed E-state index contributed by atoms with van der Waals surface area (Å²) in [6.07, 6.45) is 17.5. The van der Waals surface area contributed by atoms with Crippen LogP contribution >= 0.6 is 0 Å². The number of rotatable bonds is 8. The minimum Gasteiger partial charge on any atom is -0.307 e. The van der Waals surface area contributed by atoms with Gasteiger partial charge in [0.2, 0.25) is 0 Å². The van der Waals surface area contributed by atoms with Crippen molar-refractivity contribution >= 4 is 6.29 Å². The van der Waals surface area contributed by atoms with Gasteiger partial charge < -0.3 is 10.1 Å². The Bertz CT molecular complexity index is 281. The number of unbranched alkanes of at least 4 members (excludes halogenated alkanes) is 5. The second-order valence-corrected chi connectivity index (χ2v) is 5.07. The molecule has 1 unspecified atom stereocenters. The number of nitrogens with one attached hydrogen (secondary N) is 1. The Labute approximate surface area is 112 Å².